The van der Waals surface area contributed by atoms with Crippen molar-refractivity contribution < 1.29 is 14.6 Å². The second-order valence-electron chi connectivity index (χ2n) is 4.19. The highest BCUT2D eigenvalue weighted by atomic mass is 16.5. The molecule has 2 rings (SSSR count). The van der Waals surface area contributed by atoms with Crippen LogP contribution in [0.4, 0.5) is 5.69 Å². The smallest absolute Gasteiger partial charge is 0.325 e. The Morgan fingerprint density at radius 3 is 3.06 bits per heavy atom. The van der Waals surface area contributed by atoms with E-state index in [0.29, 0.717) is 25.4 Å². The summed E-state index contributed by atoms with van der Waals surface area (Å²) in [7, 11) is 1.54. The maximum atomic E-state index is 11.0. The SMILES string of the molecule is COc1cc(N2CCC(N)(C(=O)O)C2)ccn1. The zero-order valence-electron chi connectivity index (χ0n) is 9.59. The van der Waals surface area contributed by atoms with Crippen LogP contribution in [0.25, 0.3) is 0 Å². The number of methoxy groups -OCH3 is 1. The molecular weight excluding hydrogens is 222 g/mol. The molecule has 0 amide bonds. The Morgan fingerprint density at radius 1 is 1.71 bits per heavy atom. The summed E-state index contributed by atoms with van der Waals surface area (Å²) in [6.07, 6.45) is 2.07. The number of nitrogens with zero attached hydrogens (tertiary/aromatic N) is 2. The van der Waals surface area contributed by atoms with Crippen LogP contribution in [0, 0.1) is 0 Å². The first kappa shape index (κ1) is 11.7. The number of nitrogens with two attached hydrogens (primary N) is 1. The zero-order valence-corrected chi connectivity index (χ0v) is 9.59. The van der Waals surface area contributed by atoms with Gasteiger partial charge >= 0.3 is 5.97 Å². The summed E-state index contributed by atoms with van der Waals surface area (Å²) in [6, 6.07) is 3.59. The van der Waals surface area contributed by atoms with Gasteiger partial charge < -0.3 is 20.5 Å². The number of carbonyl (C=O) groups is 1. The lowest BCUT2D eigenvalue weighted by molar-refractivity contribution is -0.142. The van der Waals surface area contributed by atoms with Gasteiger partial charge in [-0.2, -0.15) is 0 Å². The number of hydrogen-bond donors (Lipinski definition) is 2. The molecule has 0 aromatic carbocycles. The fourth-order valence-electron chi connectivity index (χ4n) is 1.94. The van der Waals surface area contributed by atoms with Crippen molar-refractivity contribution >= 4 is 11.7 Å². The molecule has 1 atom stereocenters. The molecule has 0 spiro atoms. The Balaban J connectivity index is 2.17. The molecule has 0 bridgehead atoms. The summed E-state index contributed by atoms with van der Waals surface area (Å²) in [5, 5.41) is 9.05. The van der Waals surface area contributed by atoms with E-state index in [9.17, 15) is 4.79 Å². The molecule has 0 radical (unpaired) electrons. The van der Waals surface area contributed by atoms with E-state index in [-0.39, 0.29) is 0 Å². The molecule has 1 aromatic heterocycles. The van der Waals surface area contributed by atoms with Crippen LogP contribution < -0.4 is 15.4 Å². The fraction of sp³-hybridized carbons (Fsp3) is 0.455. The molecule has 3 N–H and O–H groups in total. The number of aliphatic carboxylic acids is 1. The minimum absolute atomic E-state index is 0.301. The Labute approximate surface area is 99.0 Å². The second-order valence-corrected chi connectivity index (χ2v) is 4.19. The van der Waals surface area contributed by atoms with Gasteiger partial charge in [-0.05, 0) is 12.5 Å². The van der Waals surface area contributed by atoms with E-state index < -0.39 is 11.5 Å². The average molecular weight is 237 g/mol. The summed E-state index contributed by atoms with van der Waals surface area (Å²) in [4.78, 5) is 17.0. The standard InChI is InChI=1S/C11H15N3O3/c1-17-9-6-8(2-4-13-9)14-5-3-11(12,7-14)10(15)16/h2,4,6H,3,5,7,12H2,1H3,(H,15,16). The number of carboxylic acid groups (broad SMARTS) is 1. The predicted octanol–water partition coefficient (Wildman–Crippen LogP) is 0.0824. The van der Waals surface area contributed by atoms with Crippen LogP contribution in [0.1, 0.15) is 6.42 Å². The molecule has 1 aliphatic heterocycles. The van der Waals surface area contributed by atoms with Crippen LogP contribution in [-0.4, -0.2) is 41.8 Å². The Hall–Kier alpha value is -1.82. The van der Waals surface area contributed by atoms with Gasteiger partial charge in [0.1, 0.15) is 5.54 Å². The molecule has 0 saturated carbocycles. The van der Waals surface area contributed by atoms with Gasteiger partial charge in [0, 0.05) is 31.0 Å². The number of ether oxygens (including phenoxy) is 1. The van der Waals surface area contributed by atoms with Crippen molar-refractivity contribution in [3.05, 3.63) is 18.3 Å². The molecule has 1 aromatic rings. The number of aromatic nitrogens is 1. The second kappa shape index (κ2) is 4.21. The van der Waals surface area contributed by atoms with E-state index in [1.54, 1.807) is 19.4 Å². The summed E-state index contributed by atoms with van der Waals surface area (Å²) in [6.45, 7) is 0.922. The number of anilines is 1. The molecule has 1 aliphatic rings. The van der Waals surface area contributed by atoms with Crippen molar-refractivity contribution in [2.75, 3.05) is 25.1 Å². The van der Waals surface area contributed by atoms with Crippen molar-refractivity contribution in [1.82, 2.24) is 4.98 Å². The normalized spacial score (nSPS) is 23.8. The minimum atomic E-state index is -1.16. The van der Waals surface area contributed by atoms with E-state index in [4.69, 9.17) is 15.6 Å². The average Bonchev–Trinajstić information content (AvgIpc) is 2.74. The van der Waals surface area contributed by atoms with Crippen LogP contribution in [0.5, 0.6) is 5.88 Å². The minimum Gasteiger partial charge on any atom is -0.481 e. The molecular formula is C11H15N3O3. The molecule has 1 saturated heterocycles. The van der Waals surface area contributed by atoms with Crippen LogP contribution in [-0.2, 0) is 4.79 Å². The van der Waals surface area contributed by atoms with Crippen molar-refractivity contribution in [3.63, 3.8) is 0 Å². The number of rotatable bonds is 3. The van der Waals surface area contributed by atoms with Crippen molar-refractivity contribution in [2.24, 2.45) is 5.73 Å². The first-order valence-electron chi connectivity index (χ1n) is 5.32. The summed E-state index contributed by atoms with van der Waals surface area (Å²) < 4.78 is 5.03. The van der Waals surface area contributed by atoms with Gasteiger partial charge in [-0.15, -0.1) is 0 Å². The first-order chi connectivity index (χ1) is 8.05. The van der Waals surface area contributed by atoms with E-state index in [0.717, 1.165) is 5.69 Å². The van der Waals surface area contributed by atoms with Crippen molar-refractivity contribution in [3.8, 4) is 5.88 Å². The van der Waals surface area contributed by atoms with Gasteiger partial charge in [0.15, 0.2) is 0 Å². The van der Waals surface area contributed by atoms with Crippen LogP contribution in [0.15, 0.2) is 18.3 Å². The van der Waals surface area contributed by atoms with Crippen LogP contribution >= 0.6 is 0 Å². The lowest BCUT2D eigenvalue weighted by Crippen LogP contribution is -2.50. The summed E-state index contributed by atoms with van der Waals surface area (Å²) in [5.41, 5.74) is 5.54. The third-order valence-corrected chi connectivity index (χ3v) is 3.02. The van der Waals surface area contributed by atoms with Crippen LogP contribution in [0.2, 0.25) is 0 Å². The molecule has 6 heteroatoms. The summed E-state index contributed by atoms with van der Waals surface area (Å²) >= 11 is 0. The van der Waals surface area contributed by atoms with E-state index in [2.05, 4.69) is 4.98 Å². The molecule has 1 unspecified atom stereocenters. The van der Waals surface area contributed by atoms with E-state index in [1.165, 1.54) is 0 Å². The van der Waals surface area contributed by atoms with Gasteiger partial charge in [0.05, 0.1) is 7.11 Å². The predicted molar refractivity (Wildman–Crippen MR) is 62.2 cm³/mol. The third kappa shape index (κ3) is 2.16. The van der Waals surface area contributed by atoms with Gasteiger partial charge in [-0.3, -0.25) is 4.79 Å². The molecule has 0 aliphatic carbocycles. The fourth-order valence-corrected chi connectivity index (χ4v) is 1.94. The highest BCUT2D eigenvalue weighted by Crippen LogP contribution is 2.26. The van der Waals surface area contributed by atoms with Crippen molar-refractivity contribution in [1.29, 1.82) is 0 Å². The largest absolute Gasteiger partial charge is 0.481 e. The first-order valence-corrected chi connectivity index (χ1v) is 5.32. The topological polar surface area (TPSA) is 88.7 Å². The maximum absolute atomic E-state index is 11.0. The Bertz CT molecular complexity index is 438. The van der Waals surface area contributed by atoms with Gasteiger partial charge in [-0.1, -0.05) is 0 Å². The molecule has 2 heterocycles. The molecule has 92 valence electrons. The quantitative estimate of drug-likeness (QED) is 0.774. The zero-order chi connectivity index (χ0) is 12.5. The highest BCUT2D eigenvalue weighted by Gasteiger charge is 2.41. The van der Waals surface area contributed by atoms with E-state index >= 15 is 0 Å². The van der Waals surface area contributed by atoms with Gasteiger partial charge in [0.2, 0.25) is 5.88 Å². The molecule has 6 nitrogen and oxygen atoms in total. The lowest BCUT2D eigenvalue weighted by atomic mass is 10.0. The van der Waals surface area contributed by atoms with Gasteiger partial charge in [0.25, 0.3) is 0 Å². The number of carboxylic acids is 1. The Kier molecular flexibility index (Phi) is 2.89. The molecule has 17 heavy (non-hydrogen) atoms. The third-order valence-electron chi connectivity index (χ3n) is 3.02. The van der Waals surface area contributed by atoms with Gasteiger partial charge in [-0.25, -0.2) is 4.98 Å². The van der Waals surface area contributed by atoms with E-state index in [1.807, 2.05) is 11.0 Å². The Morgan fingerprint density at radius 2 is 2.47 bits per heavy atom. The monoisotopic (exact) mass is 237 g/mol. The molecule has 1 fully saturated rings. The maximum Gasteiger partial charge on any atom is 0.325 e. The number of pyridine rings is 1. The number of hydrogen-bond acceptors (Lipinski definition) is 5. The van der Waals surface area contributed by atoms with Crippen molar-refractivity contribution in [2.45, 2.75) is 12.0 Å². The lowest BCUT2D eigenvalue weighted by Gasteiger charge is -2.21. The summed E-state index contributed by atoms with van der Waals surface area (Å²) in [5.74, 6) is -0.451. The highest BCUT2D eigenvalue weighted by molar-refractivity contribution is 5.80. The van der Waals surface area contributed by atoms with Crippen LogP contribution in [0.3, 0.4) is 0 Å².